The Labute approximate surface area is 207 Å². The van der Waals surface area contributed by atoms with Crippen LogP contribution in [0.3, 0.4) is 0 Å². The van der Waals surface area contributed by atoms with Gasteiger partial charge in [-0.1, -0.05) is 64.4 Å². The van der Waals surface area contributed by atoms with E-state index in [1.807, 2.05) is 36.4 Å². The topological polar surface area (TPSA) is 55.8 Å². The Hall–Kier alpha value is -3.34. The SMILES string of the molecule is CCC[C@@H](CC(=O)O)c1cccc(OCc2ccc(-c3cc(OC)ccc3F)c(C(C)(C)C)c2)c1. The summed E-state index contributed by atoms with van der Waals surface area (Å²) in [6, 6.07) is 18.4. The number of hydrogen-bond acceptors (Lipinski definition) is 3. The molecule has 0 radical (unpaired) electrons. The van der Waals surface area contributed by atoms with Gasteiger partial charge in [0, 0.05) is 5.56 Å². The third-order valence-corrected chi connectivity index (χ3v) is 6.15. The summed E-state index contributed by atoms with van der Waals surface area (Å²) in [5.74, 6) is 0.190. The quantitative estimate of drug-likeness (QED) is 0.324. The van der Waals surface area contributed by atoms with Gasteiger partial charge in [-0.2, -0.15) is 0 Å². The Bertz CT molecular complexity index is 1160. The lowest BCUT2D eigenvalue weighted by atomic mass is 9.81. The van der Waals surface area contributed by atoms with Gasteiger partial charge >= 0.3 is 5.97 Å². The monoisotopic (exact) mass is 478 g/mol. The zero-order valence-electron chi connectivity index (χ0n) is 21.2. The average Bonchev–Trinajstić information content (AvgIpc) is 2.82. The van der Waals surface area contributed by atoms with Gasteiger partial charge in [-0.15, -0.1) is 0 Å². The second kappa shape index (κ2) is 11.4. The van der Waals surface area contributed by atoms with Crippen LogP contribution in [-0.4, -0.2) is 18.2 Å². The first-order chi connectivity index (χ1) is 16.6. The van der Waals surface area contributed by atoms with Crippen molar-refractivity contribution in [3.8, 4) is 22.6 Å². The van der Waals surface area contributed by atoms with Crippen molar-refractivity contribution in [2.24, 2.45) is 0 Å². The zero-order valence-corrected chi connectivity index (χ0v) is 21.2. The number of aliphatic carboxylic acids is 1. The van der Waals surface area contributed by atoms with Gasteiger partial charge in [-0.3, -0.25) is 4.79 Å². The molecule has 35 heavy (non-hydrogen) atoms. The maximum Gasteiger partial charge on any atom is 0.303 e. The van der Waals surface area contributed by atoms with Gasteiger partial charge in [-0.05, 0) is 70.3 Å². The average molecular weight is 479 g/mol. The Morgan fingerprint density at radius 1 is 1.00 bits per heavy atom. The van der Waals surface area contributed by atoms with E-state index in [9.17, 15) is 14.3 Å². The van der Waals surface area contributed by atoms with Crippen LogP contribution in [0, 0.1) is 5.82 Å². The molecule has 0 spiro atoms. The van der Waals surface area contributed by atoms with Gasteiger partial charge < -0.3 is 14.6 Å². The molecule has 0 bridgehead atoms. The molecular formula is C30H35FO4. The molecule has 0 aliphatic carbocycles. The van der Waals surface area contributed by atoms with Gasteiger partial charge in [0.05, 0.1) is 13.5 Å². The molecular weight excluding hydrogens is 443 g/mol. The van der Waals surface area contributed by atoms with Crippen molar-refractivity contribution in [2.45, 2.75) is 64.9 Å². The molecule has 0 aliphatic rings. The number of benzene rings is 3. The van der Waals surface area contributed by atoms with Crippen LogP contribution in [0.2, 0.25) is 0 Å². The lowest BCUT2D eigenvalue weighted by Gasteiger charge is -2.24. The van der Waals surface area contributed by atoms with Crippen LogP contribution in [0.1, 0.15) is 69.6 Å². The number of rotatable bonds is 10. The van der Waals surface area contributed by atoms with Crippen molar-refractivity contribution < 1.29 is 23.8 Å². The molecule has 3 rings (SSSR count). The van der Waals surface area contributed by atoms with E-state index in [0.717, 1.165) is 35.1 Å². The van der Waals surface area contributed by atoms with Crippen molar-refractivity contribution in [2.75, 3.05) is 7.11 Å². The van der Waals surface area contributed by atoms with E-state index in [4.69, 9.17) is 9.47 Å². The number of carbonyl (C=O) groups is 1. The van der Waals surface area contributed by atoms with Gasteiger partial charge in [0.2, 0.25) is 0 Å². The van der Waals surface area contributed by atoms with Gasteiger partial charge in [0.25, 0.3) is 0 Å². The minimum Gasteiger partial charge on any atom is -0.497 e. The first kappa shape index (κ1) is 26.3. The molecule has 0 aliphatic heterocycles. The van der Waals surface area contributed by atoms with Gasteiger partial charge in [-0.25, -0.2) is 4.39 Å². The highest BCUT2D eigenvalue weighted by atomic mass is 19.1. The van der Waals surface area contributed by atoms with Crippen LogP contribution in [-0.2, 0) is 16.8 Å². The van der Waals surface area contributed by atoms with E-state index in [1.165, 1.54) is 6.07 Å². The molecule has 3 aromatic carbocycles. The summed E-state index contributed by atoms with van der Waals surface area (Å²) in [5, 5.41) is 9.27. The lowest BCUT2D eigenvalue weighted by molar-refractivity contribution is -0.137. The minimum absolute atomic E-state index is 0.0365. The molecule has 4 nitrogen and oxygen atoms in total. The minimum atomic E-state index is -0.794. The molecule has 1 atom stereocenters. The summed E-state index contributed by atoms with van der Waals surface area (Å²) < 4.78 is 26.2. The highest BCUT2D eigenvalue weighted by molar-refractivity contribution is 5.71. The standard InChI is InChI=1S/C30H35FO4/c1-6-8-21(17-29(32)33)22-9-7-10-24(16-22)35-19-20-11-13-25(27(15-20)30(2,3)4)26-18-23(34-5)12-14-28(26)31/h7,9-16,18,21H,6,8,17,19H2,1-5H3,(H,32,33)/t21-/m0/s1. The second-order valence-electron chi connectivity index (χ2n) is 9.92. The van der Waals surface area contributed by atoms with E-state index in [0.29, 0.717) is 23.7 Å². The van der Waals surface area contributed by atoms with E-state index < -0.39 is 5.97 Å². The number of carboxylic acids is 1. The maximum absolute atomic E-state index is 14.7. The van der Waals surface area contributed by atoms with Crippen LogP contribution in [0.15, 0.2) is 60.7 Å². The number of hydrogen-bond donors (Lipinski definition) is 1. The molecule has 0 saturated heterocycles. The van der Waals surface area contributed by atoms with E-state index in [-0.39, 0.29) is 23.6 Å². The largest absolute Gasteiger partial charge is 0.497 e. The summed E-state index contributed by atoms with van der Waals surface area (Å²) in [7, 11) is 1.57. The summed E-state index contributed by atoms with van der Waals surface area (Å²) in [6.07, 6.45) is 1.83. The van der Waals surface area contributed by atoms with Crippen molar-refractivity contribution >= 4 is 5.97 Å². The Kier molecular flexibility index (Phi) is 8.55. The predicted octanol–water partition coefficient (Wildman–Crippen LogP) is 7.74. The Balaban J connectivity index is 1.87. The smallest absolute Gasteiger partial charge is 0.303 e. The number of ether oxygens (including phenoxy) is 2. The third-order valence-electron chi connectivity index (χ3n) is 6.15. The van der Waals surface area contributed by atoms with Crippen LogP contribution < -0.4 is 9.47 Å². The highest BCUT2D eigenvalue weighted by Crippen LogP contribution is 2.37. The maximum atomic E-state index is 14.7. The molecule has 5 heteroatoms. The summed E-state index contributed by atoms with van der Waals surface area (Å²) in [5.41, 5.74) is 4.09. The number of methoxy groups -OCH3 is 1. The Morgan fingerprint density at radius 3 is 2.43 bits per heavy atom. The summed E-state index contributed by atoms with van der Waals surface area (Å²) in [4.78, 5) is 11.3. The number of carboxylic acid groups (broad SMARTS) is 1. The molecule has 0 saturated carbocycles. The van der Waals surface area contributed by atoms with Crippen LogP contribution in [0.25, 0.3) is 11.1 Å². The van der Waals surface area contributed by atoms with E-state index in [1.54, 1.807) is 19.2 Å². The predicted molar refractivity (Wildman–Crippen MR) is 138 cm³/mol. The summed E-state index contributed by atoms with van der Waals surface area (Å²) in [6.45, 7) is 8.73. The molecule has 3 aromatic rings. The summed E-state index contributed by atoms with van der Waals surface area (Å²) >= 11 is 0. The molecule has 0 unspecified atom stereocenters. The molecule has 0 heterocycles. The molecule has 0 amide bonds. The first-order valence-corrected chi connectivity index (χ1v) is 12.0. The fourth-order valence-electron chi connectivity index (χ4n) is 4.35. The highest BCUT2D eigenvalue weighted by Gasteiger charge is 2.22. The van der Waals surface area contributed by atoms with Gasteiger partial charge in [0.1, 0.15) is 23.9 Å². The molecule has 1 N–H and O–H groups in total. The molecule has 0 fully saturated rings. The van der Waals surface area contributed by atoms with Crippen molar-refractivity contribution in [3.05, 3.63) is 83.2 Å². The van der Waals surface area contributed by atoms with Crippen molar-refractivity contribution in [1.82, 2.24) is 0 Å². The van der Waals surface area contributed by atoms with Crippen LogP contribution in [0.5, 0.6) is 11.5 Å². The third kappa shape index (κ3) is 6.84. The van der Waals surface area contributed by atoms with Crippen molar-refractivity contribution in [3.63, 3.8) is 0 Å². The second-order valence-corrected chi connectivity index (χ2v) is 9.92. The van der Waals surface area contributed by atoms with E-state index in [2.05, 4.69) is 33.8 Å². The normalized spacial score (nSPS) is 12.3. The van der Waals surface area contributed by atoms with Crippen molar-refractivity contribution in [1.29, 1.82) is 0 Å². The fraction of sp³-hybridized carbons (Fsp3) is 0.367. The Morgan fingerprint density at radius 2 is 1.77 bits per heavy atom. The lowest BCUT2D eigenvalue weighted by Crippen LogP contribution is -2.14. The number of halogens is 1. The molecule has 186 valence electrons. The van der Waals surface area contributed by atoms with Crippen LogP contribution in [0.4, 0.5) is 4.39 Å². The van der Waals surface area contributed by atoms with E-state index >= 15 is 0 Å². The zero-order chi connectivity index (χ0) is 25.6. The van der Waals surface area contributed by atoms with Crippen LogP contribution >= 0.6 is 0 Å². The molecule has 0 aromatic heterocycles. The van der Waals surface area contributed by atoms with Gasteiger partial charge in [0.15, 0.2) is 0 Å². The fourth-order valence-corrected chi connectivity index (χ4v) is 4.35. The first-order valence-electron chi connectivity index (χ1n) is 12.0.